The molecule has 0 unspecified atom stereocenters. The van der Waals surface area contributed by atoms with E-state index in [0.717, 1.165) is 56.0 Å². The first kappa shape index (κ1) is 25.8. The van der Waals surface area contributed by atoms with Crippen molar-refractivity contribution in [2.75, 3.05) is 44.2 Å². The maximum absolute atomic E-state index is 12.2. The van der Waals surface area contributed by atoms with Crippen LogP contribution >= 0.6 is 23.2 Å². The number of benzene rings is 3. The number of ether oxygens (including phenoxy) is 1. The molecule has 1 fully saturated rings. The number of hydrogen-bond acceptors (Lipinski definition) is 5. The van der Waals surface area contributed by atoms with Crippen LogP contribution in [0.15, 0.2) is 66.7 Å². The van der Waals surface area contributed by atoms with Crippen molar-refractivity contribution >= 4 is 40.9 Å². The van der Waals surface area contributed by atoms with Crippen molar-refractivity contribution in [2.45, 2.75) is 6.42 Å². The number of nitrogens with zero attached hydrogens (tertiary/aromatic N) is 2. The lowest BCUT2D eigenvalue weighted by molar-refractivity contribution is 0.1000. The fourth-order valence-corrected chi connectivity index (χ4v) is 4.57. The topological polar surface area (TPSA) is 87.9 Å². The van der Waals surface area contributed by atoms with Gasteiger partial charge in [-0.1, -0.05) is 53.5 Å². The molecule has 0 bridgehead atoms. The van der Waals surface area contributed by atoms with Crippen LogP contribution in [0, 0.1) is 0 Å². The molecule has 4 rings (SSSR count). The van der Waals surface area contributed by atoms with Crippen molar-refractivity contribution in [2.24, 2.45) is 5.73 Å². The molecule has 0 saturated carbocycles. The third-order valence-corrected chi connectivity index (χ3v) is 6.92. The smallest absolute Gasteiger partial charge is 0.410 e. The first-order valence-electron chi connectivity index (χ1n) is 11.8. The highest BCUT2D eigenvalue weighted by Gasteiger charge is 2.19. The Hall–Kier alpha value is -3.26. The van der Waals surface area contributed by atoms with Crippen LogP contribution in [0.4, 0.5) is 10.5 Å². The van der Waals surface area contributed by atoms with E-state index < -0.39 is 12.0 Å². The number of anilines is 1. The normalized spacial score (nSPS) is 13.9. The molecule has 1 saturated heterocycles. The zero-order chi connectivity index (χ0) is 25.5. The molecule has 1 aliphatic rings. The molecule has 36 heavy (non-hydrogen) atoms. The molecule has 0 atom stereocenters. The predicted molar refractivity (Wildman–Crippen MR) is 144 cm³/mol. The van der Waals surface area contributed by atoms with Gasteiger partial charge >= 0.3 is 6.09 Å². The fraction of sp³-hybridized carbons (Fsp3) is 0.259. The van der Waals surface area contributed by atoms with Gasteiger partial charge in [0.25, 0.3) is 0 Å². The van der Waals surface area contributed by atoms with E-state index in [0.29, 0.717) is 27.9 Å². The van der Waals surface area contributed by atoms with E-state index in [4.69, 9.17) is 33.7 Å². The second-order valence-electron chi connectivity index (χ2n) is 8.54. The first-order valence-corrected chi connectivity index (χ1v) is 12.5. The van der Waals surface area contributed by atoms with Crippen LogP contribution in [0.5, 0.6) is 5.75 Å². The third kappa shape index (κ3) is 6.69. The Morgan fingerprint density at radius 2 is 1.64 bits per heavy atom. The average Bonchev–Trinajstić information content (AvgIpc) is 2.89. The maximum Gasteiger partial charge on any atom is 0.412 e. The van der Waals surface area contributed by atoms with Gasteiger partial charge in [-0.05, 0) is 60.5 Å². The van der Waals surface area contributed by atoms with Gasteiger partial charge in [0.1, 0.15) is 5.75 Å². The molecule has 0 aromatic heterocycles. The zero-order valence-electron chi connectivity index (χ0n) is 19.8. The number of carbonyl (C=O) groups is 2. The summed E-state index contributed by atoms with van der Waals surface area (Å²) in [5.41, 5.74) is 8.52. The van der Waals surface area contributed by atoms with Crippen LogP contribution in [-0.2, 0) is 0 Å². The van der Waals surface area contributed by atoms with Gasteiger partial charge in [-0.25, -0.2) is 4.79 Å². The Kier molecular flexibility index (Phi) is 8.70. The number of carbonyl (C=O) groups excluding carboxylic acids is 2. The molecule has 0 aliphatic carbocycles. The van der Waals surface area contributed by atoms with Gasteiger partial charge in [0.05, 0.1) is 15.7 Å². The number of halogens is 2. The van der Waals surface area contributed by atoms with Gasteiger partial charge in [0, 0.05) is 38.3 Å². The van der Waals surface area contributed by atoms with Crippen molar-refractivity contribution in [3.05, 3.63) is 82.3 Å². The molecule has 188 valence electrons. The number of piperazine rings is 1. The Morgan fingerprint density at radius 3 is 2.36 bits per heavy atom. The Labute approximate surface area is 220 Å². The standard InChI is InChI=1S/C27H28Cl2N4O3/c28-23-6-2-7-24(25(23)29)33-16-14-32(15-17-33)13-3-12-31-27(35)36-22-10-8-19(9-11-22)20-4-1-5-21(18-20)26(30)34/h1-2,4-11,18H,3,12-17H2,(H2,30,34)(H,31,35). The fourth-order valence-electron chi connectivity index (χ4n) is 4.15. The van der Waals surface area contributed by atoms with Crippen molar-refractivity contribution in [1.82, 2.24) is 10.2 Å². The molecular weight excluding hydrogens is 499 g/mol. The van der Waals surface area contributed by atoms with E-state index in [2.05, 4.69) is 15.1 Å². The molecule has 1 aliphatic heterocycles. The minimum Gasteiger partial charge on any atom is -0.410 e. The Balaban J connectivity index is 1.16. The summed E-state index contributed by atoms with van der Waals surface area (Å²) in [6.45, 7) is 4.99. The van der Waals surface area contributed by atoms with Gasteiger partial charge in [0.2, 0.25) is 5.91 Å². The van der Waals surface area contributed by atoms with Crippen LogP contribution < -0.4 is 20.7 Å². The molecule has 3 aromatic rings. The second-order valence-corrected chi connectivity index (χ2v) is 9.33. The summed E-state index contributed by atoms with van der Waals surface area (Å²) in [4.78, 5) is 28.2. The number of primary amides is 1. The van der Waals surface area contributed by atoms with E-state index in [9.17, 15) is 9.59 Å². The highest BCUT2D eigenvalue weighted by atomic mass is 35.5. The summed E-state index contributed by atoms with van der Waals surface area (Å²) in [5.74, 6) is -0.0312. The summed E-state index contributed by atoms with van der Waals surface area (Å²) in [7, 11) is 0. The SMILES string of the molecule is NC(=O)c1cccc(-c2ccc(OC(=O)NCCCN3CCN(c4cccc(Cl)c4Cl)CC3)cc2)c1. The van der Waals surface area contributed by atoms with Crippen LogP contribution in [0.25, 0.3) is 11.1 Å². The predicted octanol–water partition coefficient (Wildman–Crippen LogP) is 5.06. The number of nitrogens with one attached hydrogen (secondary N) is 1. The highest BCUT2D eigenvalue weighted by molar-refractivity contribution is 6.43. The maximum atomic E-state index is 12.2. The summed E-state index contributed by atoms with van der Waals surface area (Å²) >= 11 is 12.5. The van der Waals surface area contributed by atoms with Crippen LogP contribution in [-0.4, -0.2) is 56.2 Å². The van der Waals surface area contributed by atoms with Crippen LogP contribution in [0.1, 0.15) is 16.8 Å². The van der Waals surface area contributed by atoms with E-state index >= 15 is 0 Å². The monoisotopic (exact) mass is 526 g/mol. The first-order chi connectivity index (χ1) is 17.4. The second kappa shape index (κ2) is 12.1. The van der Waals surface area contributed by atoms with E-state index in [1.807, 2.05) is 30.3 Å². The van der Waals surface area contributed by atoms with Crippen LogP contribution in [0.3, 0.4) is 0 Å². The number of nitrogens with two attached hydrogens (primary N) is 1. The molecule has 3 aromatic carbocycles. The average molecular weight is 527 g/mol. The van der Waals surface area contributed by atoms with Crippen molar-refractivity contribution in [3.63, 3.8) is 0 Å². The number of rotatable bonds is 8. The summed E-state index contributed by atoms with van der Waals surface area (Å²) in [6.07, 6.45) is 0.334. The highest BCUT2D eigenvalue weighted by Crippen LogP contribution is 2.32. The van der Waals surface area contributed by atoms with Crippen molar-refractivity contribution in [1.29, 1.82) is 0 Å². The van der Waals surface area contributed by atoms with E-state index in [-0.39, 0.29) is 0 Å². The van der Waals surface area contributed by atoms with Gasteiger partial charge in [-0.15, -0.1) is 0 Å². The lowest BCUT2D eigenvalue weighted by Gasteiger charge is -2.36. The zero-order valence-corrected chi connectivity index (χ0v) is 21.3. The quantitative estimate of drug-likeness (QED) is 0.400. The van der Waals surface area contributed by atoms with Gasteiger partial charge < -0.3 is 20.7 Å². The molecule has 0 radical (unpaired) electrons. The molecule has 3 N–H and O–H groups in total. The lowest BCUT2D eigenvalue weighted by atomic mass is 10.0. The molecule has 2 amide bonds. The van der Waals surface area contributed by atoms with Crippen molar-refractivity contribution < 1.29 is 14.3 Å². The molecule has 1 heterocycles. The largest absolute Gasteiger partial charge is 0.412 e. The Bertz CT molecular complexity index is 1210. The van der Waals surface area contributed by atoms with Crippen LogP contribution in [0.2, 0.25) is 10.0 Å². The molecule has 0 spiro atoms. The molecule has 7 nitrogen and oxygen atoms in total. The number of hydrogen-bond donors (Lipinski definition) is 2. The third-order valence-electron chi connectivity index (χ3n) is 6.11. The van der Waals surface area contributed by atoms with Gasteiger partial charge in [0.15, 0.2) is 0 Å². The summed E-state index contributed by atoms with van der Waals surface area (Å²) in [5, 5.41) is 3.97. The van der Waals surface area contributed by atoms with E-state index in [1.54, 1.807) is 36.4 Å². The summed E-state index contributed by atoms with van der Waals surface area (Å²) < 4.78 is 5.38. The summed E-state index contributed by atoms with van der Waals surface area (Å²) in [6, 6.07) is 19.9. The lowest BCUT2D eigenvalue weighted by Crippen LogP contribution is -2.47. The molecular formula is C27H28Cl2N4O3. The number of amides is 2. The van der Waals surface area contributed by atoms with Gasteiger partial charge in [-0.2, -0.15) is 0 Å². The van der Waals surface area contributed by atoms with E-state index in [1.165, 1.54) is 0 Å². The minimum atomic E-state index is -0.487. The Morgan fingerprint density at radius 1 is 0.917 bits per heavy atom. The van der Waals surface area contributed by atoms with Gasteiger partial charge in [-0.3, -0.25) is 9.69 Å². The minimum absolute atomic E-state index is 0.443. The van der Waals surface area contributed by atoms with Crippen molar-refractivity contribution in [3.8, 4) is 16.9 Å². The molecule has 9 heteroatoms.